The molecule has 0 radical (unpaired) electrons. The number of aromatic amines is 2. The number of H-pyrrole nitrogens is 2. The predicted molar refractivity (Wildman–Crippen MR) is 204 cm³/mol. The van der Waals surface area contributed by atoms with E-state index in [2.05, 4.69) is 15.3 Å². The Bertz CT molecular complexity index is 2010. The summed E-state index contributed by atoms with van der Waals surface area (Å²) in [7, 11) is 0. The molecule has 0 bridgehead atoms. The fraction of sp³-hybridized carbons (Fsp3) is 0.537. The van der Waals surface area contributed by atoms with Crippen LogP contribution in [0, 0.1) is 5.92 Å². The first kappa shape index (κ1) is 41.9. The van der Waals surface area contributed by atoms with E-state index in [1.54, 1.807) is 57.2 Å². The maximum atomic E-state index is 14.0. The van der Waals surface area contributed by atoms with Gasteiger partial charge in [-0.3, -0.25) is 9.59 Å². The molecule has 3 unspecified atom stereocenters. The van der Waals surface area contributed by atoms with Crippen molar-refractivity contribution in [2.75, 3.05) is 32.7 Å². The quantitative estimate of drug-likeness (QED) is 0.139. The number of amides is 3. The number of hydrogen-bond acceptors (Lipinski definition) is 5. The molecule has 4 heterocycles. The molecule has 2 aliphatic heterocycles. The average molecular weight is 805 g/mol. The fourth-order valence-corrected chi connectivity index (χ4v) is 8.14. The summed E-state index contributed by atoms with van der Waals surface area (Å²) in [5.41, 5.74) is 1.31. The SMILES string of the molecule is C[C@@H](Cc1ccc2cc(C(=O)N(CC(F)(F)F)C3CCCNC3)[nH]c2c1)CC1CCC(N(CC(F)(F)F)C(=O)c2cc3ccccc3[nH]2)CN1C(=O)OC(C)(C)C. The number of carbonyl (C=O) groups is 3. The van der Waals surface area contributed by atoms with Gasteiger partial charge in [-0.1, -0.05) is 37.3 Å². The zero-order valence-electron chi connectivity index (χ0n) is 32.5. The lowest BCUT2D eigenvalue weighted by molar-refractivity contribution is -0.147. The summed E-state index contributed by atoms with van der Waals surface area (Å²) in [5.74, 6) is -1.57. The maximum absolute atomic E-state index is 14.0. The molecule has 0 aliphatic carbocycles. The molecule has 3 amide bonds. The molecule has 2 fully saturated rings. The Labute approximate surface area is 327 Å². The summed E-state index contributed by atoms with van der Waals surface area (Å²) in [6.07, 6.45) is -7.21. The van der Waals surface area contributed by atoms with E-state index >= 15 is 0 Å². The van der Waals surface area contributed by atoms with Crippen molar-refractivity contribution < 1.29 is 45.5 Å². The second-order valence-corrected chi connectivity index (χ2v) is 16.5. The van der Waals surface area contributed by atoms with E-state index in [4.69, 9.17) is 4.74 Å². The molecule has 16 heteroatoms. The minimum atomic E-state index is -4.69. The standard InChI is InChI=1S/C41H50F6N6O4/c1-25(16-26-11-12-28-20-35(50-33(28)18-26)36(54)52(23-40(42,43)44)30-9-7-15-48-21-30)17-29-13-14-31(22-51(29)38(56)57-39(2,3)4)53(24-41(45,46)47)37(55)34-19-27-8-5-6-10-32(27)49-34/h5-6,8,10-12,18-20,25,29-31,48-50H,7,9,13-17,21-24H2,1-4H3/t25-,29?,30?,31?/m0/s1. The third-order valence-corrected chi connectivity index (χ3v) is 10.6. The molecule has 2 aliphatic rings. The van der Waals surface area contributed by atoms with Gasteiger partial charge in [-0.05, 0) is 102 Å². The number of aromatic nitrogens is 2. The van der Waals surface area contributed by atoms with E-state index in [1.807, 2.05) is 19.1 Å². The number of nitrogens with one attached hydrogen (secondary N) is 3. The first-order valence-electron chi connectivity index (χ1n) is 19.4. The van der Waals surface area contributed by atoms with Crippen LogP contribution in [0.5, 0.6) is 0 Å². The summed E-state index contributed by atoms with van der Waals surface area (Å²) in [4.78, 5) is 50.0. The van der Waals surface area contributed by atoms with Crippen LogP contribution in [-0.2, 0) is 11.2 Å². The molecule has 4 atom stereocenters. The van der Waals surface area contributed by atoms with E-state index in [-0.39, 0.29) is 36.8 Å². The highest BCUT2D eigenvalue weighted by molar-refractivity contribution is 5.99. The third-order valence-electron chi connectivity index (χ3n) is 10.6. The van der Waals surface area contributed by atoms with E-state index in [0.29, 0.717) is 60.5 Å². The van der Waals surface area contributed by atoms with Crippen LogP contribution in [0.15, 0.2) is 54.6 Å². The van der Waals surface area contributed by atoms with Gasteiger partial charge in [-0.25, -0.2) is 4.79 Å². The number of halogens is 6. The summed E-state index contributed by atoms with van der Waals surface area (Å²) in [6.45, 7) is 5.10. The van der Waals surface area contributed by atoms with Crippen LogP contribution < -0.4 is 5.32 Å². The van der Waals surface area contributed by atoms with Gasteiger partial charge in [0.1, 0.15) is 30.1 Å². The lowest BCUT2D eigenvalue weighted by Gasteiger charge is -2.44. The number of nitrogens with zero attached hydrogens (tertiary/aromatic N) is 3. The van der Waals surface area contributed by atoms with Gasteiger partial charge in [-0.15, -0.1) is 0 Å². The smallest absolute Gasteiger partial charge is 0.410 e. The Morgan fingerprint density at radius 3 is 2.02 bits per heavy atom. The van der Waals surface area contributed by atoms with Crippen molar-refractivity contribution in [3.8, 4) is 0 Å². The molecular formula is C41H50F6N6O4. The first-order valence-corrected chi connectivity index (χ1v) is 19.4. The zero-order valence-corrected chi connectivity index (χ0v) is 32.5. The highest BCUT2D eigenvalue weighted by Crippen LogP contribution is 2.32. The summed E-state index contributed by atoms with van der Waals surface area (Å²) < 4.78 is 88.4. The van der Waals surface area contributed by atoms with Gasteiger partial charge in [-0.2, -0.15) is 26.3 Å². The maximum Gasteiger partial charge on any atom is 0.410 e. The van der Waals surface area contributed by atoms with Gasteiger partial charge in [0.2, 0.25) is 0 Å². The molecule has 310 valence electrons. The normalized spacial score (nSPS) is 20.1. The molecule has 10 nitrogen and oxygen atoms in total. The molecule has 2 saturated heterocycles. The summed E-state index contributed by atoms with van der Waals surface area (Å²) in [6, 6.07) is 13.7. The topological polar surface area (TPSA) is 114 Å². The predicted octanol–water partition coefficient (Wildman–Crippen LogP) is 8.45. The molecule has 0 spiro atoms. The lowest BCUT2D eigenvalue weighted by Crippen LogP contribution is -2.57. The van der Waals surface area contributed by atoms with Gasteiger partial charge in [0, 0.05) is 47.0 Å². The van der Waals surface area contributed by atoms with Crippen LogP contribution in [0.1, 0.15) is 86.3 Å². The fourth-order valence-electron chi connectivity index (χ4n) is 8.14. The number of likely N-dealkylation sites (tertiary alicyclic amines) is 1. The molecule has 4 aromatic rings. The highest BCUT2D eigenvalue weighted by atomic mass is 19.4. The molecule has 3 N–H and O–H groups in total. The van der Waals surface area contributed by atoms with E-state index < -0.39 is 67.1 Å². The number of piperidine rings is 2. The van der Waals surface area contributed by atoms with Crippen molar-refractivity contribution in [2.45, 2.75) is 102 Å². The van der Waals surface area contributed by atoms with Gasteiger partial charge in [0.05, 0.1) is 6.04 Å². The van der Waals surface area contributed by atoms with E-state index in [9.17, 15) is 40.7 Å². The van der Waals surface area contributed by atoms with Crippen LogP contribution >= 0.6 is 0 Å². The lowest BCUT2D eigenvalue weighted by atomic mass is 9.88. The minimum absolute atomic E-state index is 0.0238. The molecule has 2 aromatic carbocycles. The van der Waals surface area contributed by atoms with Crippen molar-refractivity contribution in [1.29, 1.82) is 0 Å². The number of para-hydroxylation sites is 1. The molecule has 2 aromatic heterocycles. The Kier molecular flexibility index (Phi) is 12.2. The Morgan fingerprint density at radius 2 is 1.42 bits per heavy atom. The van der Waals surface area contributed by atoms with Crippen molar-refractivity contribution in [2.24, 2.45) is 5.92 Å². The average Bonchev–Trinajstić information content (AvgIpc) is 3.76. The number of hydrogen-bond donors (Lipinski definition) is 3. The molecule has 0 saturated carbocycles. The van der Waals surface area contributed by atoms with Crippen LogP contribution in [0.2, 0.25) is 0 Å². The van der Waals surface area contributed by atoms with Crippen LogP contribution in [0.25, 0.3) is 21.8 Å². The van der Waals surface area contributed by atoms with Crippen LogP contribution in [-0.4, -0.2) is 111 Å². The Balaban J connectivity index is 1.18. The van der Waals surface area contributed by atoms with Gasteiger partial charge in [0.15, 0.2) is 0 Å². The number of carbonyl (C=O) groups excluding carboxylic acids is 3. The van der Waals surface area contributed by atoms with E-state index in [1.165, 1.54) is 11.0 Å². The van der Waals surface area contributed by atoms with Crippen molar-refractivity contribution >= 4 is 39.7 Å². The van der Waals surface area contributed by atoms with Crippen molar-refractivity contribution in [1.82, 2.24) is 30.0 Å². The third kappa shape index (κ3) is 10.8. The largest absolute Gasteiger partial charge is 0.444 e. The number of benzene rings is 2. The number of fused-ring (bicyclic) bond motifs is 2. The van der Waals surface area contributed by atoms with Crippen molar-refractivity contribution in [3.63, 3.8) is 0 Å². The number of ether oxygens (including phenoxy) is 1. The summed E-state index contributed by atoms with van der Waals surface area (Å²) in [5, 5.41) is 4.43. The second kappa shape index (κ2) is 16.6. The Morgan fingerprint density at radius 1 is 0.807 bits per heavy atom. The molecule has 6 rings (SSSR count). The molecule has 57 heavy (non-hydrogen) atoms. The first-order chi connectivity index (χ1) is 26.7. The summed E-state index contributed by atoms with van der Waals surface area (Å²) >= 11 is 0. The van der Waals surface area contributed by atoms with Crippen LogP contribution in [0.3, 0.4) is 0 Å². The van der Waals surface area contributed by atoms with Crippen LogP contribution in [0.4, 0.5) is 31.1 Å². The zero-order chi connectivity index (χ0) is 41.3. The minimum Gasteiger partial charge on any atom is -0.444 e. The number of rotatable bonds is 10. The van der Waals surface area contributed by atoms with Gasteiger partial charge >= 0.3 is 18.4 Å². The molecular weight excluding hydrogens is 754 g/mol. The highest BCUT2D eigenvalue weighted by Gasteiger charge is 2.43. The second-order valence-electron chi connectivity index (χ2n) is 16.5. The van der Waals surface area contributed by atoms with E-state index in [0.717, 1.165) is 15.4 Å². The number of alkyl halides is 6. The van der Waals surface area contributed by atoms with Gasteiger partial charge < -0.3 is 34.7 Å². The van der Waals surface area contributed by atoms with Gasteiger partial charge in [0.25, 0.3) is 11.8 Å². The van der Waals surface area contributed by atoms with Crippen molar-refractivity contribution in [3.05, 3.63) is 71.5 Å². The Hall–Kier alpha value is -4.73. The monoisotopic (exact) mass is 804 g/mol.